The summed E-state index contributed by atoms with van der Waals surface area (Å²) in [6.45, 7) is 5.11. The largest absolute Gasteiger partial charge is 0.321 e. The van der Waals surface area contributed by atoms with Crippen molar-refractivity contribution in [2.75, 3.05) is 11.9 Å². The van der Waals surface area contributed by atoms with Gasteiger partial charge >= 0.3 is 0 Å². The van der Waals surface area contributed by atoms with E-state index >= 15 is 0 Å². The van der Waals surface area contributed by atoms with Crippen molar-refractivity contribution in [3.63, 3.8) is 0 Å². The van der Waals surface area contributed by atoms with Crippen LogP contribution in [0.4, 0.5) is 5.69 Å². The standard InChI is InChI=1S/C16H18N2O2S/c1-3-17-9-12-6-4-5-7-14(12)18-16(20)15-8-13(10-21-15)11(2)19/h4-8,10,17H,3,9H2,1-2H3,(H,18,20). The van der Waals surface area contributed by atoms with Crippen molar-refractivity contribution in [3.05, 3.63) is 51.7 Å². The fraction of sp³-hybridized carbons (Fsp3) is 0.250. The van der Waals surface area contributed by atoms with E-state index in [9.17, 15) is 9.59 Å². The fourth-order valence-electron chi connectivity index (χ4n) is 1.88. The van der Waals surface area contributed by atoms with Crippen LogP contribution < -0.4 is 10.6 Å². The van der Waals surface area contributed by atoms with Crippen molar-refractivity contribution in [3.8, 4) is 0 Å². The Hall–Kier alpha value is -1.98. The molecule has 0 bridgehead atoms. The quantitative estimate of drug-likeness (QED) is 0.805. The van der Waals surface area contributed by atoms with Gasteiger partial charge in [0.2, 0.25) is 0 Å². The van der Waals surface area contributed by atoms with Crippen LogP contribution in [0.2, 0.25) is 0 Å². The molecular weight excluding hydrogens is 284 g/mol. The number of rotatable bonds is 6. The van der Waals surface area contributed by atoms with E-state index in [-0.39, 0.29) is 11.7 Å². The van der Waals surface area contributed by atoms with Gasteiger partial charge in [0.1, 0.15) is 0 Å². The van der Waals surface area contributed by atoms with Gasteiger partial charge in [-0.2, -0.15) is 0 Å². The molecule has 0 unspecified atom stereocenters. The molecule has 1 aromatic carbocycles. The zero-order valence-corrected chi connectivity index (χ0v) is 12.9. The zero-order chi connectivity index (χ0) is 15.2. The van der Waals surface area contributed by atoms with Crippen molar-refractivity contribution in [2.24, 2.45) is 0 Å². The Morgan fingerprint density at radius 2 is 2.00 bits per heavy atom. The lowest BCUT2D eigenvalue weighted by atomic mass is 10.1. The van der Waals surface area contributed by atoms with Crippen LogP contribution in [0.5, 0.6) is 0 Å². The van der Waals surface area contributed by atoms with E-state index in [1.54, 1.807) is 11.4 Å². The van der Waals surface area contributed by atoms with E-state index in [0.29, 0.717) is 17.0 Å². The summed E-state index contributed by atoms with van der Waals surface area (Å²) < 4.78 is 0. The number of benzene rings is 1. The van der Waals surface area contributed by atoms with Crippen LogP contribution in [0, 0.1) is 0 Å². The number of anilines is 1. The smallest absolute Gasteiger partial charge is 0.265 e. The average Bonchev–Trinajstić information content (AvgIpc) is 2.96. The van der Waals surface area contributed by atoms with Gasteiger partial charge in [0, 0.05) is 23.2 Å². The molecule has 1 heterocycles. The molecule has 0 atom stereocenters. The molecule has 21 heavy (non-hydrogen) atoms. The van der Waals surface area contributed by atoms with Crippen LogP contribution in [-0.2, 0) is 6.54 Å². The maximum atomic E-state index is 12.2. The number of ketones is 1. The predicted molar refractivity (Wildman–Crippen MR) is 86.1 cm³/mol. The molecule has 110 valence electrons. The minimum Gasteiger partial charge on any atom is -0.321 e. The normalized spacial score (nSPS) is 10.4. The molecule has 0 fully saturated rings. The third-order valence-electron chi connectivity index (χ3n) is 3.06. The fourth-order valence-corrected chi connectivity index (χ4v) is 2.72. The van der Waals surface area contributed by atoms with E-state index in [2.05, 4.69) is 10.6 Å². The summed E-state index contributed by atoms with van der Waals surface area (Å²) in [5.74, 6) is -0.214. The van der Waals surface area contributed by atoms with Crippen LogP contribution >= 0.6 is 11.3 Å². The Morgan fingerprint density at radius 1 is 1.24 bits per heavy atom. The van der Waals surface area contributed by atoms with Crippen molar-refractivity contribution in [1.29, 1.82) is 0 Å². The number of hydrogen-bond acceptors (Lipinski definition) is 4. The predicted octanol–water partition coefficient (Wildman–Crippen LogP) is 3.31. The van der Waals surface area contributed by atoms with Gasteiger partial charge in [0.15, 0.2) is 5.78 Å². The monoisotopic (exact) mass is 302 g/mol. The second-order valence-corrected chi connectivity index (χ2v) is 5.56. The Balaban J connectivity index is 2.13. The molecule has 0 spiro atoms. The third-order valence-corrected chi connectivity index (χ3v) is 3.99. The van der Waals surface area contributed by atoms with Gasteiger partial charge in [-0.3, -0.25) is 9.59 Å². The molecule has 1 amide bonds. The Bertz CT molecular complexity index is 649. The maximum Gasteiger partial charge on any atom is 0.265 e. The van der Waals surface area contributed by atoms with Crippen molar-refractivity contribution in [2.45, 2.75) is 20.4 Å². The molecule has 0 saturated carbocycles. The lowest BCUT2D eigenvalue weighted by Gasteiger charge is -2.10. The molecule has 2 N–H and O–H groups in total. The van der Waals surface area contributed by atoms with E-state index in [0.717, 1.165) is 17.8 Å². The molecule has 0 saturated heterocycles. The van der Waals surface area contributed by atoms with Gasteiger partial charge in [-0.05, 0) is 31.2 Å². The zero-order valence-electron chi connectivity index (χ0n) is 12.1. The van der Waals surface area contributed by atoms with Crippen LogP contribution in [0.1, 0.15) is 39.4 Å². The molecule has 0 aliphatic heterocycles. The Morgan fingerprint density at radius 3 is 2.67 bits per heavy atom. The highest BCUT2D eigenvalue weighted by molar-refractivity contribution is 7.12. The minimum atomic E-state index is -0.184. The lowest BCUT2D eigenvalue weighted by molar-refractivity contribution is 0.101. The molecule has 4 nitrogen and oxygen atoms in total. The third kappa shape index (κ3) is 4.00. The summed E-state index contributed by atoms with van der Waals surface area (Å²) in [4.78, 5) is 24.1. The molecule has 5 heteroatoms. The number of nitrogens with one attached hydrogen (secondary N) is 2. The lowest BCUT2D eigenvalue weighted by Crippen LogP contribution is -2.16. The van der Waals surface area contributed by atoms with Gasteiger partial charge in [0.05, 0.1) is 4.88 Å². The Labute approximate surface area is 128 Å². The van der Waals surface area contributed by atoms with Gasteiger partial charge in [-0.1, -0.05) is 25.1 Å². The first-order chi connectivity index (χ1) is 10.1. The number of hydrogen-bond donors (Lipinski definition) is 2. The first-order valence-corrected chi connectivity index (χ1v) is 7.69. The van der Waals surface area contributed by atoms with E-state index in [1.807, 2.05) is 31.2 Å². The summed E-state index contributed by atoms with van der Waals surface area (Å²) in [7, 11) is 0. The minimum absolute atomic E-state index is 0.0298. The maximum absolute atomic E-state index is 12.2. The summed E-state index contributed by atoms with van der Waals surface area (Å²) in [5, 5.41) is 7.86. The van der Waals surface area contributed by atoms with Gasteiger partial charge in [-0.15, -0.1) is 11.3 Å². The SMILES string of the molecule is CCNCc1ccccc1NC(=O)c1cc(C(C)=O)cs1. The van der Waals surface area contributed by atoms with Gasteiger partial charge in [0.25, 0.3) is 5.91 Å². The number of Topliss-reactive ketones (excluding diaryl/α,β-unsaturated/α-hetero) is 1. The molecule has 0 radical (unpaired) electrons. The first-order valence-electron chi connectivity index (χ1n) is 6.81. The number of para-hydroxylation sites is 1. The van der Waals surface area contributed by atoms with Gasteiger partial charge < -0.3 is 10.6 Å². The summed E-state index contributed by atoms with van der Waals surface area (Å²) in [6, 6.07) is 9.33. The number of thiophene rings is 1. The molecule has 2 rings (SSSR count). The Kier molecular flexibility index (Phi) is 5.25. The summed E-state index contributed by atoms with van der Waals surface area (Å²) >= 11 is 1.28. The van der Waals surface area contributed by atoms with Crippen molar-refractivity contribution < 1.29 is 9.59 Å². The van der Waals surface area contributed by atoms with Crippen LogP contribution in [-0.4, -0.2) is 18.2 Å². The van der Waals surface area contributed by atoms with Crippen molar-refractivity contribution >= 4 is 28.7 Å². The van der Waals surface area contributed by atoms with E-state index < -0.39 is 0 Å². The van der Waals surface area contributed by atoms with Crippen LogP contribution in [0.25, 0.3) is 0 Å². The van der Waals surface area contributed by atoms with Gasteiger partial charge in [-0.25, -0.2) is 0 Å². The summed E-state index contributed by atoms with van der Waals surface area (Å²) in [6.07, 6.45) is 0. The number of amides is 1. The molecule has 0 aliphatic rings. The molecule has 1 aromatic heterocycles. The van der Waals surface area contributed by atoms with Crippen molar-refractivity contribution in [1.82, 2.24) is 5.32 Å². The molecule has 2 aromatic rings. The average molecular weight is 302 g/mol. The van der Waals surface area contributed by atoms with E-state index in [1.165, 1.54) is 18.3 Å². The second-order valence-electron chi connectivity index (χ2n) is 4.65. The highest BCUT2D eigenvalue weighted by Crippen LogP contribution is 2.20. The number of carbonyl (C=O) groups is 2. The first kappa shape index (κ1) is 15.4. The summed E-state index contributed by atoms with van der Waals surface area (Å²) in [5.41, 5.74) is 2.41. The second kappa shape index (κ2) is 7.15. The van der Waals surface area contributed by atoms with Crippen LogP contribution in [0.15, 0.2) is 35.7 Å². The molecular formula is C16H18N2O2S. The molecule has 0 aliphatic carbocycles. The highest BCUT2D eigenvalue weighted by Gasteiger charge is 2.12. The highest BCUT2D eigenvalue weighted by atomic mass is 32.1. The topological polar surface area (TPSA) is 58.2 Å². The van der Waals surface area contributed by atoms with E-state index in [4.69, 9.17) is 0 Å². The number of carbonyl (C=O) groups excluding carboxylic acids is 2. The van der Waals surface area contributed by atoms with Crippen LogP contribution in [0.3, 0.4) is 0 Å².